The van der Waals surface area contributed by atoms with Gasteiger partial charge >= 0.3 is 5.97 Å². The Balaban J connectivity index is 2.31. The Morgan fingerprint density at radius 3 is 2.84 bits per heavy atom. The maximum Gasteiger partial charge on any atom is 0.336 e. The van der Waals surface area contributed by atoms with E-state index in [-0.39, 0.29) is 5.56 Å². The lowest BCUT2D eigenvalue weighted by Crippen LogP contribution is -1.97. The van der Waals surface area contributed by atoms with E-state index in [4.69, 9.17) is 10.4 Å². The number of carboxylic acids is 1. The molecule has 0 radical (unpaired) electrons. The van der Waals surface area contributed by atoms with Gasteiger partial charge < -0.3 is 5.11 Å². The Kier molecular flexibility index (Phi) is 4.20. The van der Waals surface area contributed by atoms with Crippen molar-refractivity contribution in [3.05, 3.63) is 52.1 Å². The Labute approximate surface area is 122 Å². The fourth-order valence-corrected chi connectivity index (χ4v) is 2.65. The van der Waals surface area contributed by atoms with Gasteiger partial charge in [-0.2, -0.15) is 5.26 Å². The van der Waals surface area contributed by atoms with Crippen LogP contribution in [0.4, 0.5) is 0 Å². The summed E-state index contributed by atoms with van der Waals surface area (Å²) in [6, 6.07) is 12.1. The zero-order chi connectivity index (χ0) is 13.8. The summed E-state index contributed by atoms with van der Waals surface area (Å²) < 4.78 is 0.531. The van der Waals surface area contributed by atoms with E-state index in [0.717, 1.165) is 4.90 Å². The van der Waals surface area contributed by atoms with E-state index >= 15 is 0 Å². The van der Waals surface area contributed by atoms with Crippen molar-refractivity contribution in [2.24, 2.45) is 0 Å². The van der Waals surface area contributed by atoms with Gasteiger partial charge in [0.05, 0.1) is 5.56 Å². The van der Waals surface area contributed by atoms with Crippen LogP contribution < -0.4 is 0 Å². The molecular weight excluding hydrogens is 328 g/mol. The SMILES string of the molecule is N#Cc1cccc(Sc2ccc(Br)c(C(=O)O)c2)n1. The van der Waals surface area contributed by atoms with Crippen LogP contribution in [0, 0.1) is 11.3 Å². The molecule has 1 heterocycles. The summed E-state index contributed by atoms with van der Waals surface area (Å²) in [7, 11) is 0. The molecule has 19 heavy (non-hydrogen) atoms. The number of carbonyl (C=O) groups is 1. The first-order valence-corrected chi connectivity index (χ1v) is 6.79. The summed E-state index contributed by atoms with van der Waals surface area (Å²) >= 11 is 4.50. The molecule has 1 aromatic heterocycles. The number of halogens is 1. The minimum atomic E-state index is -0.993. The fraction of sp³-hybridized carbons (Fsp3) is 0. The predicted octanol–water partition coefficient (Wildman–Crippen LogP) is 3.57. The molecule has 1 aromatic carbocycles. The highest BCUT2D eigenvalue weighted by atomic mass is 79.9. The first-order valence-electron chi connectivity index (χ1n) is 5.18. The second kappa shape index (κ2) is 5.87. The third-order valence-corrected chi connectivity index (χ3v) is 3.85. The van der Waals surface area contributed by atoms with E-state index in [2.05, 4.69) is 20.9 Å². The Morgan fingerprint density at radius 1 is 1.37 bits per heavy atom. The first kappa shape index (κ1) is 13.6. The molecule has 2 aromatic rings. The minimum Gasteiger partial charge on any atom is -0.478 e. The first-order chi connectivity index (χ1) is 9.10. The van der Waals surface area contributed by atoms with E-state index in [9.17, 15) is 4.79 Å². The highest BCUT2D eigenvalue weighted by Crippen LogP contribution is 2.29. The van der Waals surface area contributed by atoms with Crippen molar-refractivity contribution >= 4 is 33.7 Å². The Hall–Kier alpha value is -1.84. The van der Waals surface area contributed by atoms with Gasteiger partial charge in [-0.25, -0.2) is 9.78 Å². The average Bonchev–Trinajstić information content (AvgIpc) is 2.41. The number of aromatic nitrogens is 1. The predicted molar refractivity (Wildman–Crippen MR) is 74.2 cm³/mol. The molecule has 2 rings (SSSR count). The quantitative estimate of drug-likeness (QED) is 0.928. The van der Waals surface area contributed by atoms with Gasteiger partial charge in [-0.1, -0.05) is 17.8 Å². The van der Waals surface area contributed by atoms with E-state index in [0.29, 0.717) is 15.2 Å². The third kappa shape index (κ3) is 3.34. The highest BCUT2D eigenvalue weighted by Gasteiger charge is 2.10. The van der Waals surface area contributed by atoms with Crippen molar-refractivity contribution in [3.8, 4) is 6.07 Å². The van der Waals surface area contributed by atoms with Crippen molar-refractivity contribution in [3.63, 3.8) is 0 Å². The van der Waals surface area contributed by atoms with Gasteiger partial charge in [0.2, 0.25) is 0 Å². The van der Waals surface area contributed by atoms with E-state index < -0.39 is 5.97 Å². The van der Waals surface area contributed by atoms with E-state index in [1.165, 1.54) is 11.8 Å². The smallest absolute Gasteiger partial charge is 0.336 e. The zero-order valence-corrected chi connectivity index (χ0v) is 11.9. The number of hydrogen-bond acceptors (Lipinski definition) is 4. The van der Waals surface area contributed by atoms with Gasteiger partial charge in [0.1, 0.15) is 16.8 Å². The van der Waals surface area contributed by atoms with Gasteiger partial charge in [-0.3, -0.25) is 0 Å². The average molecular weight is 335 g/mol. The van der Waals surface area contributed by atoms with Crippen LogP contribution in [-0.2, 0) is 0 Å². The van der Waals surface area contributed by atoms with Crippen LogP contribution in [0.3, 0.4) is 0 Å². The monoisotopic (exact) mass is 334 g/mol. The number of nitriles is 1. The number of hydrogen-bond donors (Lipinski definition) is 1. The molecule has 0 unspecified atom stereocenters. The van der Waals surface area contributed by atoms with E-state index in [1.807, 2.05) is 6.07 Å². The third-order valence-electron chi connectivity index (χ3n) is 2.23. The van der Waals surface area contributed by atoms with Crippen LogP contribution in [0.25, 0.3) is 0 Å². The standard InChI is InChI=1S/C13H7BrN2O2S/c14-11-5-4-9(6-10(11)13(17)18)19-12-3-1-2-8(7-15)16-12/h1-6H,(H,17,18). The largest absolute Gasteiger partial charge is 0.478 e. The van der Waals surface area contributed by atoms with Gasteiger partial charge in [0.25, 0.3) is 0 Å². The van der Waals surface area contributed by atoms with Crippen LogP contribution in [-0.4, -0.2) is 16.1 Å². The summed E-state index contributed by atoms with van der Waals surface area (Å²) in [6.07, 6.45) is 0. The maximum absolute atomic E-state index is 11.0. The Morgan fingerprint density at radius 2 is 2.16 bits per heavy atom. The molecule has 0 saturated heterocycles. The van der Waals surface area contributed by atoms with Gasteiger partial charge in [0, 0.05) is 9.37 Å². The molecule has 0 amide bonds. The molecule has 4 nitrogen and oxygen atoms in total. The summed E-state index contributed by atoms with van der Waals surface area (Å²) in [5.74, 6) is -0.993. The number of nitrogens with zero attached hydrogens (tertiary/aromatic N) is 2. The van der Waals surface area contributed by atoms with Gasteiger partial charge in [-0.15, -0.1) is 0 Å². The van der Waals surface area contributed by atoms with Crippen LogP contribution in [0.2, 0.25) is 0 Å². The van der Waals surface area contributed by atoms with Crippen molar-refractivity contribution in [2.45, 2.75) is 9.92 Å². The molecule has 0 spiro atoms. The van der Waals surface area contributed by atoms with Crippen LogP contribution in [0.5, 0.6) is 0 Å². The molecule has 0 aliphatic rings. The summed E-state index contributed by atoms with van der Waals surface area (Å²) in [5.41, 5.74) is 0.530. The molecule has 0 aliphatic carbocycles. The second-order valence-electron chi connectivity index (χ2n) is 3.52. The van der Waals surface area contributed by atoms with Crippen molar-refractivity contribution in [1.82, 2.24) is 4.98 Å². The van der Waals surface area contributed by atoms with Gasteiger partial charge in [0.15, 0.2) is 0 Å². The maximum atomic E-state index is 11.0. The number of aromatic carboxylic acids is 1. The summed E-state index contributed by atoms with van der Waals surface area (Å²) in [5, 5.41) is 18.5. The second-order valence-corrected chi connectivity index (χ2v) is 5.47. The van der Waals surface area contributed by atoms with Crippen molar-refractivity contribution in [2.75, 3.05) is 0 Å². The summed E-state index contributed by atoms with van der Waals surface area (Å²) in [6.45, 7) is 0. The fourth-order valence-electron chi connectivity index (χ4n) is 1.39. The molecule has 6 heteroatoms. The Bertz CT molecular complexity index is 683. The molecule has 0 aliphatic heterocycles. The summed E-state index contributed by atoms with van der Waals surface area (Å²) in [4.78, 5) is 15.9. The molecule has 0 fully saturated rings. The molecule has 0 bridgehead atoms. The van der Waals surface area contributed by atoms with Gasteiger partial charge in [-0.05, 0) is 46.3 Å². The zero-order valence-electron chi connectivity index (χ0n) is 9.50. The minimum absolute atomic E-state index is 0.196. The normalized spacial score (nSPS) is 9.89. The topological polar surface area (TPSA) is 74.0 Å². The highest BCUT2D eigenvalue weighted by molar-refractivity contribution is 9.10. The number of rotatable bonds is 3. The molecular formula is C13H7BrN2O2S. The lowest BCUT2D eigenvalue weighted by Gasteiger charge is -2.04. The van der Waals surface area contributed by atoms with Crippen molar-refractivity contribution < 1.29 is 9.90 Å². The lowest BCUT2D eigenvalue weighted by molar-refractivity contribution is 0.0695. The van der Waals surface area contributed by atoms with Crippen LogP contribution in [0.15, 0.2) is 50.8 Å². The molecule has 94 valence electrons. The molecule has 1 N–H and O–H groups in total. The number of pyridine rings is 1. The van der Waals surface area contributed by atoms with Crippen molar-refractivity contribution in [1.29, 1.82) is 5.26 Å². The lowest BCUT2D eigenvalue weighted by atomic mass is 10.2. The number of benzene rings is 1. The van der Waals surface area contributed by atoms with Crippen LogP contribution >= 0.6 is 27.7 Å². The number of carboxylic acid groups (broad SMARTS) is 1. The van der Waals surface area contributed by atoms with E-state index in [1.54, 1.807) is 36.4 Å². The van der Waals surface area contributed by atoms with Crippen LogP contribution in [0.1, 0.15) is 16.1 Å². The molecule has 0 saturated carbocycles. The molecule has 0 atom stereocenters.